The second-order valence-corrected chi connectivity index (χ2v) is 5.04. The zero-order chi connectivity index (χ0) is 16.1. The summed E-state index contributed by atoms with van der Waals surface area (Å²) in [5.74, 6) is 0.868. The number of hydrogen-bond donors (Lipinski definition) is 1. The second kappa shape index (κ2) is 6.75. The van der Waals surface area contributed by atoms with Gasteiger partial charge in [-0.1, -0.05) is 36.4 Å². The number of hydrogen-bond acceptors (Lipinski definition) is 5. The van der Waals surface area contributed by atoms with Crippen LogP contribution in [-0.2, 0) is 6.42 Å². The summed E-state index contributed by atoms with van der Waals surface area (Å²) in [7, 11) is 1.67. The minimum Gasteiger partial charge on any atom is -0.496 e. The van der Waals surface area contributed by atoms with Gasteiger partial charge in [0.2, 0.25) is 0 Å². The van der Waals surface area contributed by atoms with Gasteiger partial charge in [-0.05, 0) is 24.1 Å². The fourth-order valence-corrected chi connectivity index (χ4v) is 2.54. The number of fused-ring (bicyclic) bond motifs is 1. The summed E-state index contributed by atoms with van der Waals surface area (Å²) < 4.78 is 5.36. The number of para-hydroxylation sites is 1. The van der Waals surface area contributed by atoms with E-state index in [4.69, 9.17) is 4.74 Å². The molecule has 0 amide bonds. The molecule has 0 unspecified atom stereocenters. The summed E-state index contributed by atoms with van der Waals surface area (Å²) in [4.78, 5) is 0. The highest BCUT2D eigenvalue weighted by atomic mass is 16.5. The molecule has 1 heterocycles. The third-order valence-electron chi connectivity index (χ3n) is 3.66. The van der Waals surface area contributed by atoms with E-state index in [1.807, 2.05) is 48.5 Å². The maximum atomic E-state index is 9.26. The number of rotatable bonds is 5. The van der Waals surface area contributed by atoms with Gasteiger partial charge in [0, 0.05) is 11.9 Å². The summed E-state index contributed by atoms with van der Waals surface area (Å²) in [5.41, 5.74) is 2.93. The maximum Gasteiger partial charge on any atom is 0.186 e. The summed E-state index contributed by atoms with van der Waals surface area (Å²) >= 11 is 0. The minimum atomic E-state index is 0.309. The fraction of sp³-hybridized carbons (Fsp3) is 0.167. The van der Waals surface area contributed by atoms with Crippen molar-refractivity contribution < 1.29 is 4.74 Å². The van der Waals surface area contributed by atoms with E-state index in [0.717, 1.165) is 34.3 Å². The van der Waals surface area contributed by atoms with E-state index in [1.54, 1.807) is 7.11 Å². The van der Waals surface area contributed by atoms with Crippen LogP contribution in [0, 0.1) is 11.3 Å². The van der Waals surface area contributed by atoms with Gasteiger partial charge in [-0.25, -0.2) is 0 Å². The smallest absolute Gasteiger partial charge is 0.186 e. The molecule has 5 nitrogen and oxygen atoms in total. The summed E-state index contributed by atoms with van der Waals surface area (Å²) in [6.07, 6.45) is 0.783. The van der Waals surface area contributed by atoms with Gasteiger partial charge < -0.3 is 10.1 Å². The van der Waals surface area contributed by atoms with E-state index in [2.05, 4.69) is 21.6 Å². The number of nitrogens with one attached hydrogen (secondary N) is 1. The zero-order valence-electron chi connectivity index (χ0n) is 12.8. The molecule has 0 bridgehead atoms. The van der Waals surface area contributed by atoms with Gasteiger partial charge in [0.05, 0.1) is 18.3 Å². The second-order valence-electron chi connectivity index (χ2n) is 5.04. The number of nitrogens with zero attached hydrogens (tertiary/aromatic N) is 3. The standard InChI is InChI=1S/C18H16N4O/c1-23-17-9-5-2-6-13(17)10-11-20-18-14-7-3-4-8-15(14)21-22-16(18)12-19/h2-9H,10-11H2,1H3,(H,20,21). The molecule has 0 fully saturated rings. The van der Waals surface area contributed by atoms with Gasteiger partial charge in [0.1, 0.15) is 11.8 Å². The fourth-order valence-electron chi connectivity index (χ4n) is 2.54. The van der Waals surface area contributed by atoms with E-state index in [0.29, 0.717) is 12.2 Å². The third kappa shape index (κ3) is 3.06. The molecule has 0 spiro atoms. The molecule has 5 heteroatoms. The Morgan fingerprint density at radius 1 is 1.09 bits per heavy atom. The Balaban J connectivity index is 1.83. The Hall–Kier alpha value is -3.13. The lowest BCUT2D eigenvalue weighted by Crippen LogP contribution is -2.09. The molecule has 1 aromatic heterocycles. The van der Waals surface area contributed by atoms with Crippen LogP contribution in [-0.4, -0.2) is 23.9 Å². The molecule has 23 heavy (non-hydrogen) atoms. The van der Waals surface area contributed by atoms with Gasteiger partial charge in [0.25, 0.3) is 0 Å². The maximum absolute atomic E-state index is 9.26. The van der Waals surface area contributed by atoms with Crippen molar-refractivity contribution in [3.05, 3.63) is 59.8 Å². The van der Waals surface area contributed by atoms with Crippen LogP contribution < -0.4 is 10.1 Å². The summed E-state index contributed by atoms with van der Waals surface area (Å²) in [6.45, 7) is 0.671. The molecular formula is C18H16N4O. The van der Waals surface area contributed by atoms with Gasteiger partial charge >= 0.3 is 0 Å². The number of ether oxygens (including phenoxy) is 1. The first-order chi connectivity index (χ1) is 11.3. The lowest BCUT2D eigenvalue weighted by Gasteiger charge is -2.12. The molecule has 0 aliphatic rings. The van der Waals surface area contributed by atoms with Crippen molar-refractivity contribution in [1.82, 2.24) is 10.2 Å². The average Bonchev–Trinajstić information content (AvgIpc) is 2.62. The topological polar surface area (TPSA) is 70.8 Å². The molecule has 114 valence electrons. The molecule has 0 saturated carbocycles. The third-order valence-corrected chi connectivity index (χ3v) is 3.66. The van der Waals surface area contributed by atoms with Crippen molar-refractivity contribution in [3.8, 4) is 11.8 Å². The van der Waals surface area contributed by atoms with Crippen molar-refractivity contribution in [3.63, 3.8) is 0 Å². The quantitative estimate of drug-likeness (QED) is 0.784. The van der Waals surface area contributed by atoms with Crippen molar-refractivity contribution in [2.45, 2.75) is 6.42 Å². The molecule has 0 radical (unpaired) electrons. The highest BCUT2D eigenvalue weighted by Gasteiger charge is 2.10. The van der Waals surface area contributed by atoms with Crippen LogP contribution in [0.15, 0.2) is 48.5 Å². The Morgan fingerprint density at radius 2 is 1.87 bits per heavy atom. The first-order valence-corrected chi connectivity index (χ1v) is 7.35. The molecule has 3 rings (SSSR count). The van der Waals surface area contributed by atoms with E-state index < -0.39 is 0 Å². The van der Waals surface area contributed by atoms with Crippen molar-refractivity contribution in [2.75, 3.05) is 19.0 Å². The average molecular weight is 304 g/mol. The number of benzene rings is 2. The largest absolute Gasteiger partial charge is 0.496 e. The number of nitriles is 1. The van der Waals surface area contributed by atoms with Gasteiger partial charge in [-0.3, -0.25) is 0 Å². The highest BCUT2D eigenvalue weighted by Crippen LogP contribution is 2.24. The van der Waals surface area contributed by atoms with E-state index in [9.17, 15) is 5.26 Å². The Bertz CT molecular complexity index is 870. The highest BCUT2D eigenvalue weighted by molar-refractivity contribution is 5.92. The lowest BCUT2D eigenvalue weighted by atomic mass is 10.1. The van der Waals surface area contributed by atoms with Crippen molar-refractivity contribution in [2.24, 2.45) is 0 Å². The van der Waals surface area contributed by atoms with Crippen LogP contribution in [0.4, 0.5) is 5.69 Å². The van der Waals surface area contributed by atoms with Crippen LogP contribution in [0.25, 0.3) is 10.9 Å². The Labute approximate surface area is 134 Å². The first-order valence-electron chi connectivity index (χ1n) is 7.35. The van der Waals surface area contributed by atoms with Crippen molar-refractivity contribution >= 4 is 16.6 Å². The number of aromatic nitrogens is 2. The predicted molar refractivity (Wildman–Crippen MR) is 89.4 cm³/mol. The molecule has 0 atom stereocenters. The van der Waals surface area contributed by atoms with Crippen LogP contribution >= 0.6 is 0 Å². The number of anilines is 1. The number of methoxy groups -OCH3 is 1. The molecule has 0 saturated heterocycles. The van der Waals surface area contributed by atoms with Crippen molar-refractivity contribution in [1.29, 1.82) is 5.26 Å². The Morgan fingerprint density at radius 3 is 2.70 bits per heavy atom. The van der Waals surface area contributed by atoms with E-state index in [1.165, 1.54) is 0 Å². The molecular weight excluding hydrogens is 288 g/mol. The minimum absolute atomic E-state index is 0.309. The molecule has 3 aromatic rings. The summed E-state index contributed by atoms with van der Waals surface area (Å²) in [6, 6.07) is 17.7. The van der Waals surface area contributed by atoms with Gasteiger partial charge in [0.15, 0.2) is 5.69 Å². The lowest BCUT2D eigenvalue weighted by molar-refractivity contribution is 0.410. The van der Waals surface area contributed by atoms with Crippen LogP contribution in [0.5, 0.6) is 5.75 Å². The van der Waals surface area contributed by atoms with Crippen LogP contribution in [0.2, 0.25) is 0 Å². The van der Waals surface area contributed by atoms with Gasteiger partial charge in [-0.2, -0.15) is 5.26 Å². The monoisotopic (exact) mass is 304 g/mol. The molecule has 0 aliphatic heterocycles. The van der Waals surface area contributed by atoms with Crippen LogP contribution in [0.3, 0.4) is 0 Å². The molecule has 1 N–H and O–H groups in total. The first kappa shape index (κ1) is 14.8. The van der Waals surface area contributed by atoms with Crippen LogP contribution in [0.1, 0.15) is 11.3 Å². The van der Waals surface area contributed by atoms with E-state index >= 15 is 0 Å². The molecule has 2 aromatic carbocycles. The van der Waals surface area contributed by atoms with Gasteiger partial charge in [-0.15, -0.1) is 10.2 Å². The zero-order valence-corrected chi connectivity index (χ0v) is 12.8. The predicted octanol–water partition coefficient (Wildman–Crippen LogP) is 3.16. The molecule has 0 aliphatic carbocycles. The Kier molecular flexibility index (Phi) is 4.34. The SMILES string of the molecule is COc1ccccc1CCNc1c(C#N)nnc2ccccc12. The van der Waals surface area contributed by atoms with E-state index in [-0.39, 0.29) is 0 Å². The summed E-state index contributed by atoms with van der Waals surface area (Å²) in [5, 5.41) is 21.6. The normalized spacial score (nSPS) is 10.3.